The van der Waals surface area contributed by atoms with Gasteiger partial charge in [-0.3, -0.25) is 9.59 Å². The highest BCUT2D eigenvalue weighted by molar-refractivity contribution is 5.93. The van der Waals surface area contributed by atoms with Gasteiger partial charge in [-0.1, -0.05) is 45.1 Å². The average Bonchev–Trinajstić information content (AvgIpc) is 3.43. The van der Waals surface area contributed by atoms with E-state index in [1.165, 1.54) is 5.56 Å². The predicted octanol–water partition coefficient (Wildman–Crippen LogP) is 5.86. The number of rotatable bonds is 8. The fourth-order valence-electron chi connectivity index (χ4n) is 4.41. The number of carbonyl (C=O) groups excluding carboxylic acids is 2. The number of ether oxygens (including phenoxy) is 2. The molecule has 2 bridgehead atoms. The van der Waals surface area contributed by atoms with Gasteiger partial charge in [0.2, 0.25) is 0 Å². The molecule has 1 amide bonds. The molecular weight excluding hydrogens is 402 g/mol. The van der Waals surface area contributed by atoms with Crippen LogP contribution in [0.15, 0.2) is 60.7 Å². The van der Waals surface area contributed by atoms with Crippen molar-refractivity contribution in [3.05, 3.63) is 66.2 Å². The molecule has 3 atom stereocenters. The molecule has 0 radical (unpaired) electrons. The van der Waals surface area contributed by atoms with E-state index in [4.69, 9.17) is 9.47 Å². The molecule has 1 N–H and O–H groups in total. The summed E-state index contributed by atoms with van der Waals surface area (Å²) >= 11 is 0. The minimum Gasteiger partial charge on any atom is -0.457 e. The summed E-state index contributed by atoms with van der Waals surface area (Å²) in [5.74, 6) is 1.50. The van der Waals surface area contributed by atoms with Gasteiger partial charge in [-0.25, -0.2) is 0 Å². The standard InChI is InChI=1S/C27H31NO4/c1-4-27(2,3)20-7-11-22(12-8-20)32-23-13-9-21(10-14-23)28-25(29)17-31-26(30)24-16-18-5-6-19(24)15-18/h5-14,18-19,24H,4,15-17H2,1-3H3,(H,28,29)/t18-,19+,24+/m1/s1. The number of amides is 1. The van der Waals surface area contributed by atoms with Crippen molar-refractivity contribution in [1.29, 1.82) is 0 Å². The lowest BCUT2D eigenvalue weighted by molar-refractivity contribution is -0.152. The first kappa shape index (κ1) is 22.1. The van der Waals surface area contributed by atoms with Gasteiger partial charge in [0.1, 0.15) is 11.5 Å². The number of carbonyl (C=O) groups is 2. The van der Waals surface area contributed by atoms with Crippen molar-refractivity contribution in [2.24, 2.45) is 17.8 Å². The first-order valence-corrected chi connectivity index (χ1v) is 11.4. The second kappa shape index (κ2) is 9.19. The largest absolute Gasteiger partial charge is 0.457 e. The van der Waals surface area contributed by atoms with Gasteiger partial charge in [0, 0.05) is 5.69 Å². The minimum absolute atomic E-state index is 0.101. The zero-order valence-corrected chi connectivity index (χ0v) is 19.0. The molecule has 1 fully saturated rings. The van der Waals surface area contributed by atoms with Crippen molar-refractivity contribution in [3.8, 4) is 11.5 Å². The first-order chi connectivity index (χ1) is 15.3. The maximum absolute atomic E-state index is 12.3. The second-order valence-corrected chi connectivity index (χ2v) is 9.43. The van der Waals surface area contributed by atoms with Crippen molar-refractivity contribution in [3.63, 3.8) is 0 Å². The summed E-state index contributed by atoms with van der Waals surface area (Å²) < 4.78 is 11.2. The molecule has 5 heteroatoms. The third kappa shape index (κ3) is 5.04. The highest BCUT2D eigenvalue weighted by Crippen LogP contribution is 2.43. The van der Waals surface area contributed by atoms with Crippen LogP contribution in [0.3, 0.4) is 0 Å². The van der Waals surface area contributed by atoms with Gasteiger partial charge in [0.25, 0.3) is 5.91 Å². The lowest BCUT2D eigenvalue weighted by Gasteiger charge is -2.23. The normalized spacial score (nSPS) is 21.4. The molecule has 0 aliphatic heterocycles. The van der Waals surface area contributed by atoms with Crippen molar-refractivity contribution >= 4 is 17.6 Å². The zero-order chi connectivity index (χ0) is 22.7. The Bertz CT molecular complexity index is 991. The molecule has 5 nitrogen and oxygen atoms in total. The van der Waals surface area contributed by atoms with Crippen molar-refractivity contribution in [1.82, 2.24) is 0 Å². The maximum Gasteiger partial charge on any atom is 0.310 e. The molecule has 0 heterocycles. The van der Waals surface area contributed by atoms with Crippen LogP contribution in [0.4, 0.5) is 5.69 Å². The molecule has 2 aliphatic rings. The molecule has 2 aliphatic carbocycles. The van der Waals surface area contributed by atoms with Crippen LogP contribution in [0.25, 0.3) is 0 Å². The minimum atomic E-state index is -0.347. The summed E-state index contributed by atoms with van der Waals surface area (Å²) in [6.45, 7) is 6.37. The van der Waals surface area contributed by atoms with Crippen molar-refractivity contribution in [2.75, 3.05) is 11.9 Å². The van der Waals surface area contributed by atoms with Gasteiger partial charge in [-0.15, -0.1) is 0 Å². The van der Waals surface area contributed by atoms with Gasteiger partial charge in [-0.05, 0) is 78.5 Å². The SMILES string of the molecule is CCC(C)(C)c1ccc(Oc2ccc(NC(=O)COC(=O)[C@H]3C[C@@H]4C=C[C@H]3C4)cc2)cc1. The van der Waals surface area contributed by atoms with Crippen LogP contribution >= 0.6 is 0 Å². The Morgan fingerprint density at radius 1 is 0.969 bits per heavy atom. The van der Waals surface area contributed by atoms with Crippen LogP contribution in [0.1, 0.15) is 45.6 Å². The van der Waals surface area contributed by atoms with E-state index in [1.54, 1.807) is 24.3 Å². The molecule has 0 aromatic heterocycles. The summed E-state index contributed by atoms with van der Waals surface area (Å²) in [7, 11) is 0. The number of esters is 1. The smallest absolute Gasteiger partial charge is 0.310 e. The predicted molar refractivity (Wildman–Crippen MR) is 125 cm³/mol. The summed E-state index contributed by atoms with van der Waals surface area (Å²) in [5, 5.41) is 2.76. The third-order valence-corrected chi connectivity index (χ3v) is 6.82. The Balaban J connectivity index is 1.25. The summed E-state index contributed by atoms with van der Waals surface area (Å²) in [6.07, 6.45) is 7.21. The van der Waals surface area contributed by atoms with Crippen LogP contribution in [0, 0.1) is 17.8 Å². The number of benzene rings is 2. The Labute approximate surface area is 189 Å². The Morgan fingerprint density at radius 2 is 1.62 bits per heavy atom. The molecule has 2 aromatic rings. The Hall–Kier alpha value is -3.08. The van der Waals surface area contributed by atoms with E-state index in [0.29, 0.717) is 17.4 Å². The third-order valence-electron chi connectivity index (χ3n) is 6.82. The molecule has 0 spiro atoms. The second-order valence-electron chi connectivity index (χ2n) is 9.43. The highest BCUT2D eigenvalue weighted by Gasteiger charge is 2.40. The van der Waals surface area contributed by atoms with E-state index in [2.05, 4.69) is 50.4 Å². The van der Waals surface area contributed by atoms with Crippen LogP contribution in [-0.2, 0) is 19.7 Å². The number of fused-ring (bicyclic) bond motifs is 2. The molecule has 0 saturated heterocycles. The fourth-order valence-corrected chi connectivity index (χ4v) is 4.41. The molecular formula is C27H31NO4. The molecule has 1 saturated carbocycles. The average molecular weight is 434 g/mol. The molecule has 0 unspecified atom stereocenters. The number of anilines is 1. The fraction of sp³-hybridized carbons (Fsp3) is 0.407. The zero-order valence-electron chi connectivity index (χ0n) is 19.0. The van der Waals surface area contributed by atoms with E-state index < -0.39 is 0 Å². The Kier molecular flexibility index (Phi) is 6.35. The Morgan fingerprint density at radius 3 is 2.19 bits per heavy atom. The molecule has 32 heavy (non-hydrogen) atoms. The molecule has 4 rings (SSSR count). The van der Waals surface area contributed by atoms with Gasteiger partial charge < -0.3 is 14.8 Å². The van der Waals surface area contributed by atoms with Gasteiger partial charge in [0.15, 0.2) is 6.61 Å². The van der Waals surface area contributed by atoms with Gasteiger partial charge in [-0.2, -0.15) is 0 Å². The van der Waals surface area contributed by atoms with E-state index >= 15 is 0 Å². The van der Waals surface area contributed by atoms with Gasteiger partial charge in [0.05, 0.1) is 5.92 Å². The van der Waals surface area contributed by atoms with Crippen LogP contribution in [0.5, 0.6) is 11.5 Å². The first-order valence-electron chi connectivity index (χ1n) is 11.4. The van der Waals surface area contributed by atoms with Crippen molar-refractivity contribution in [2.45, 2.75) is 45.4 Å². The highest BCUT2D eigenvalue weighted by atomic mass is 16.5. The number of allylic oxidation sites excluding steroid dienone is 2. The van der Waals surface area contributed by atoms with E-state index in [9.17, 15) is 9.59 Å². The van der Waals surface area contributed by atoms with Crippen LogP contribution < -0.4 is 10.1 Å². The quantitative estimate of drug-likeness (QED) is 0.418. The van der Waals surface area contributed by atoms with E-state index in [-0.39, 0.29) is 35.7 Å². The number of nitrogens with one attached hydrogen (secondary N) is 1. The number of hydrogen-bond acceptors (Lipinski definition) is 4. The lowest BCUT2D eigenvalue weighted by Crippen LogP contribution is -2.26. The summed E-state index contributed by atoms with van der Waals surface area (Å²) in [5.41, 5.74) is 2.05. The van der Waals surface area contributed by atoms with Crippen LogP contribution in [-0.4, -0.2) is 18.5 Å². The summed E-state index contributed by atoms with van der Waals surface area (Å²) in [6, 6.07) is 15.3. The van der Waals surface area contributed by atoms with E-state index in [0.717, 1.165) is 25.0 Å². The molecule has 168 valence electrons. The van der Waals surface area contributed by atoms with E-state index in [1.807, 2.05) is 12.1 Å². The topological polar surface area (TPSA) is 64.6 Å². The number of hydrogen-bond donors (Lipinski definition) is 1. The summed E-state index contributed by atoms with van der Waals surface area (Å²) in [4.78, 5) is 24.4. The van der Waals surface area contributed by atoms with Gasteiger partial charge >= 0.3 is 5.97 Å². The van der Waals surface area contributed by atoms with Crippen molar-refractivity contribution < 1.29 is 19.1 Å². The maximum atomic E-state index is 12.3. The molecule has 2 aromatic carbocycles. The lowest BCUT2D eigenvalue weighted by atomic mass is 9.82. The van der Waals surface area contributed by atoms with Crippen LogP contribution in [0.2, 0.25) is 0 Å². The monoisotopic (exact) mass is 433 g/mol.